The molecule has 2 aromatic rings. The summed E-state index contributed by atoms with van der Waals surface area (Å²) in [6.45, 7) is 1.50. The average Bonchev–Trinajstić information content (AvgIpc) is 2.32. The van der Waals surface area contributed by atoms with Crippen molar-refractivity contribution in [3.8, 4) is 0 Å². The zero-order valence-corrected chi connectivity index (χ0v) is 12.6. The molecule has 0 atom stereocenters. The number of halogens is 2. The van der Waals surface area contributed by atoms with Crippen molar-refractivity contribution in [2.45, 2.75) is 16.8 Å². The molecule has 0 amide bonds. The lowest BCUT2D eigenvalue weighted by Gasteiger charge is -2.04. The Kier molecular flexibility index (Phi) is 4.43. The number of carbonyl (C=O) groups is 1. The van der Waals surface area contributed by atoms with Crippen LogP contribution in [0.5, 0.6) is 0 Å². The number of nitrogens with zero attached hydrogens (tertiary/aromatic N) is 1. The Bertz CT molecular complexity index is 586. The van der Waals surface area contributed by atoms with Crippen LogP contribution < -0.4 is 0 Å². The van der Waals surface area contributed by atoms with Gasteiger partial charge in [-0.1, -0.05) is 23.4 Å². The van der Waals surface area contributed by atoms with Gasteiger partial charge in [0.25, 0.3) is 0 Å². The Morgan fingerprint density at radius 1 is 1.33 bits per heavy atom. The predicted molar refractivity (Wildman–Crippen MR) is 77.5 cm³/mol. The Labute approximate surface area is 123 Å². The van der Waals surface area contributed by atoms with Crippen LogP contribution in [0, 0.1) is 0 Å². The molecular weight excluding hydrogens is 334 g/mol. The molecule has 2 nitrogen and oxygen atoms in total. The molecule has 1 heterocycles. The molecule has 92 valence electrons. The standard InChI is InChI=1S/C13H9BrClNOS/c1-8(17)11-4-3-10(6-12(11)15)18-13-5-2-9(14)7-16-13/h2-7H,1H3. The number of rotatable bonds is 3. The molecule has 0 radical (unpaired) electrons. The van der Waals surface area contributed by atoms with E-state index in [4.69, 9.17) is 11.6 Å². The second-order valence-corrected chi connectivity index (χ2v) is 6.03. The molecule has 0 saturated carbocycles. The van der Waals surface area contributed by atoms with E-state index >= 15 is 0 Å². The van der Waals surface area contributed by atoms with Crippen LogP contribution >= 0.6 is 39.3 Å². The van der Waals surface area contributed by atoms with Gasteiger partial charge < -0.3 is 0 Å². The van der Waals surface area contributed by atoms with E-state index < -0.39 is 0 Å². The maximum atomic E-state index is 11.3. The predicted octanol–water partition coefficient (Wildman–Crippen LogP) is 4.85. The number of hydrogen-bond donors (Lipinski definition) is 0. The van der Waals surface area contributed by atoms with Gasteiger partial charge in [-0.3, -0.25) is 4.79 Å². The van der Waals surface area contributed by atoms with Gasteiger partial charge >= 0.3 is 0 Å². The molecule has 5 heteroatoms. The van der Waals surface area contributed by atoms with Crippen LogP contribution in [0.25, 0.3) is 0 Å². The zero-order valence-electron chi connectivity index (χ0n) is 9.48. The largest absolute Gasteiger partial charge is 0.294 e. The lowest BCUT2D eigenvalue weighted by atomic mass is 10.1. The summed E-state index contributed by atoms with van der Waals surface area (Å²) in [5.41, 5.74) is 0.546. The summed E-state index contributed by atoms with van der Waals surface area (Å²) in [6, 6.07) is 9.25. The molecule has 0 unspecified atom stereocenters. The number of carbonyl (C=O) groups excluding carboxylic acids is 1. The van der Waals surface area contributed by atoms with Gasteiger partial charge in [-0.2, -0.15) is 0 Å². The van der Waals surface area contributed by atoms with Crippen molar-refractivity contribution in [1.82, 2.24) is 4.98 Å². The van der Waals surface area contributed by atoms with E-state index in [0.29, 0.717) is 10.6 Å². The molecule has 0 fully saturated rings. The van der Waals surface area contributed by atoms with E-state index in [2.05, 4.69) is 20.9 Å². The van der Waals surface area contributed by atoms with Gasteiger partial charge in [-0.25, -0.2) is 4.98 Å². The van der Waals surface area contributed by atoms with Crippen molar-refractivity contribution in [1.29, 1.82) is 0 Å². The van der Waals surface area contributed by atoms with E-state index in [1.165, 1.54) is 18.7 Å². The molecule has 2 rings (SSSR count). The first kappa shape index (κ1) is 13.6. The maximum absolute atomic E-state index is 11.3. The topological polar surface area (TPSA) is 30.0 Å². The summed E-state index contributed by atoms with van der Waals surface area (Å²) >= 11 is 10.9. The van der Waals surface area contributed by atoms with E-state index in [0.717, 1.165) is 14.4 Å². The summed E-state index contributed by atoms with van der Waals surface area (Å²) in [7, 11) is 0. The van der Waals surface area contributed by atoms with E-state index in [1.54, 1.807) is 18.3 Å². The van der Waals surface area contributed by atoms with Gasteiger partial charge in [0.2, 0.25) is 0 Å². The normalized spacial score (nSPS) is 10.4. The van der Waals surface area contributed by atoms with Gasteiger partial charge in [0.05, 0.1) is 5.02 Å². The smallest absolute Gasteiger partial charge is 0.161 e. The highest BCUT2D eigenvalue weighted by molar-refractivity contribution is 9.10. The fraction of sp³-hybridized carbons (Fsp3) is 0.0769. The first-order valence-corrected chi connectivity index (χ1v) is 7.15. The SMILES string of the molecule is CC(=O)c1ccc(Sc2ccc(Br)cn2)cc1Cl. The van der Waals surface area contributed by atoms with Crippen molar-refractivity contribution >= 4 is 45.1 Å². The van der Waals surface area contributed by atoms with Gasteiger partial charge in [-0.15, -0.1) is 0 Å². The molecule has 0 aliphatic heterocycles. The summed E-state index contributed by atoms with van der Waals surface area (Å²) in [6.07, 6.45) is 1.74. The average molecular weight is 343 g/mol. The van der Waals surface area contributed by atoms with Crippen molar-refractivity contribution in [3.63, 3.8) is 0 Å². The van der Waals surface area contributed by atoms with Crippen LogP contribution in [0.1, 0.15) is 17.3 Å². The lowest BCUT2D eigenvalue weighted by molar-refractivity contribution is 0.101. The van der Waals surface area contributed by atoms with Gasteiger partial charge in [0, 0.05) is 21.1 Å². The third-order valence-corrected chi connectivity index (χ3v) is 3.96. The van der Waals surface area contributed by atoms with Gasteiger partial charge in [0.15, 0.2) is 5.78 Å². The van der Waals surface area contributed by atoms with E-state index in [1.807, 2.05) is 18.2 Å². The fourth-order valence-electron chi connectivity index (χ4n) is 1.39. The monoisotopic (exact) mass is 341 g/mol. The van der Waals surface area contributed by atoms with Crippen LogP contribution in [-0.4, -0.2) is 10.8 Å². The van der Waals surface area contributed by atoms with E-state index in [9.17, 15) is 4.79 Å². The molecule has 0 aliphatic carbocycles. The Balaban J connectivity index is 2.22. The molecular formula is C13H9BrClNOS. The van der Waals surface area contributed by atoms with Crippen LogP contribution in [0.3, 0.4) is 0 Å². The minimum Gasteiger partial charge on any atom is -0.294 e. The molecule has 0 saturated heterocycles. The van der Waals surface area contributed by atoms with E-state index in [-0.39, 0.29) is 5.78 Å². The van der Waals surface area contributed by atoms with Crippen molar-refractivity contribution < 1.29 is 4.79 Å². The second-order valence-electron chi connectivity index (χ2n) is 3.61. The third kappa shape index (κ3) is 3.34. The minimum absolute atomic E-state index is 0.0293. The molecule has 0 spiro atoms. The first-order valence-electron chi connectivity index (χ1n) is 5.16. The number of ketones is 1. The van der Waals surface area contributed by atoms with Crippen molar-refractivity contribution in [2.75, 3.05) is 0 Å². The molecule has 0 aliphatic rings. The quantitative estimate of drug-likeness (QED) is 0.747. The second kappa shape index (κ2) is 5.87. The summed E-state index contributed by atoms with van der Waals surface area (Å²) in [5.74, 6) is -0.0293. The van der Waals surface area contributed by atoms with Crippen molar-refractivity contribution in [3.05, 3.63) is 51.6 Å². The van der Waals surface area contributed by atoms with Crippen LogP contribution in [-0.2, 0) is 0 Å². The number of aromatic nitrogens is 1. The lowest BCUT2D eigenvalue weighted by Crippen LogP contribution is -1.92. The van der Waals surface area contributed by atoms with Crippen LogP contribution in [0.15, 0.2) is 50.9 Å². The molecule has 0 bridgehead atoms. The van der Waals surface area contributed by atoms with Crippen LogP contribution in [0.2, 0.25) is 5.02 Å². The molecule has 0 N–H and O–H groups in total. The Morgan fingerprint density at radius 2 is 2.11 bits per heavy atom. The highest BCUT2D eigenvalue weighted by atomic mass is 79.9. The summed E-state index contributed by atoms with van der Waals surface area (Å²) < 4.78 is 0.941. The van der Waals surface area contributed by atoms with Crippen LogP contribution in [0.4, 0.5) is 0 Å². The Morgan fingerprint density at radius 3 is 2.67 bits per heavy atom. The molecule has 1 aromatic heterocycles. The van der Waals surface area contributed by atoms with Gasteiger partial charge in [0.1, 0.15) is 5.03 Å². The highest BCUT2D eigenvalue weighted by Gasteiger charge is 2.07. The van der Waals surface area contributed by atoms with Crippen molar-refractivity contribution in [2.24, 2.45) is 0 Å². The number of Topliss-reactive ketones (excluding diaryl/α,β-unsaturated/α-hetero) is 1. The zero-order chi connectivity index (χ0) is 13.1. The highest BCUT2D eigenvalue weighted by Crippen LogP contribution is 2.30. The number of pyridine rings is 1. The summed E-state index contributed by atoms with van der Waals surface area (Å²) in [5, 5.41) is 1.36. The molecule has 1 aromatic carbocycles. The first-order chi connectivity index (χ1) is 8.56. The molecule has 18 heavy (non-hydrogen) atoms. The summed E-state index contributed by atoms with van der Waals surface area (Å²) in [4.78, 5) is 16.5. The number of benzene rings is 1. The third-order valence-electron chi connectivity index (χ3n) is 2.24. The Hall–Kier alpha value is -0.840. The van der Waals surface area contributed by atoms with Gasteiger partial charge in [-0.05, 0) is 53.2 Å². The fourth-order valence-corrected chi connectivity index (χ4v) is 2.80. The minimum atomic E-state index is -0.0293. The maximum Gasteiger partial charge on any atom is 0.161 e. The number of hydrogen-bond acceptors (Lipinski definition) is 3.